The second-order valence-corrected chi connectivity index (χ2v) is 6.71. The highest BCUT2D eigenvalue weighted by Gasteiger charge is 2.20. The van der Waals surface area contributed by atoms with Gasteiger partial charge >= 0.3 is 5.97 Å². The lowest BCUT2D eigenvalue weighted by atomic mass is 10.1. The fourth-order valence-corrected chi connectivity index (χ4v) is 2.86. The van der Waals surface area contributed by atoms with Crippen molar-refractivity contribution in [3.8, 4) is 23.0 Å². The summed E-state index contributed by atoms with van der Waals surface area (Å²) in [6, 6.07) is 10.3. The molecule has 1 atom stereocenters. The Morgan fingerprint density at radius 1 is 1.00 bits per heavy atom. The van der Waals surface area contributed by atoms with E-state index in [1.807, 2.05) is 0 Å². The van der Waals surface area contributed by atoms with Gasteiger partial charge in [-0.05, 0) is 44.2 Å². The maximum absolute atomic E-state index is 12.3. The minimum Gasteiger partial charge on any atom is -0.454 e. The number of nitrogens with one attached hydrogen (secondary N) is 1. The van der Waals surface area contributed by atoms with Gasteiger partial charge in [0.25, 0.3) is 5.91 Å². The molecular formula is C21H20N2O8. The summed E-state index contributed by atoms with van der Waals surface area (Å²) in [5, 5.41) is 6.56. The molecule has 4 rings (SSSR count). The van der Waals surface area contributed by atoms with Crippen LogP contribution < -0.4 is 24.3 Å². The number of carbonyl (C=O) groups excluding carboxylic acids is 2. The van der Waals surface area contributed by atoms with Gasteiger partial charge in [0.05, 0.1) is 5.71 Å². The Kier molecular flexibility index (Phi) is 5.78. The molecule has 2 aliphatic rings. The molecule has 0 radical (unpaired) electrons. The van der Waals surface area contributed by atoms with Gasteiger partial charge in [-0.2, -0.15) is 0 Å². The highest BCUT2D eigenvalue weighted by molar-refractivity contribution is 5.99. The second kappa shape index (κ2) is 8.82. The van der Waals surface area contributed by atoms with Gasteiger partial charge in [-0.15, -0.1) is 0 Å². The molecule has 162 valence electrons. The zero-order valence-corrected chi connectivity index (χ0v) is 16.9. The van der Waals surface area contributed by atoms with Gasteiger partial charge in [0.15, 0.2) is 29.1 Å². The first kappa shape index (κ1) is 20.3. The second-order valence-electron chi connectivity index (χ2n) is 6.71. The number of nitrogens with zero attached hydrogens (tertiary/aromatic N) is 1. The molecule has 2 heterocycles. The maximum Gasteiger partial charge on any atom is 0.347 e. The fourth-order valence-electron chi connectivity index (χ4n) is 2.86. The first-order valence-electron chi connectivity index (χ1n) is 9.46. The number of fused-ring (bicyclic) bond motifs is 2. The number of anilines is 1. The fraction of sp³-hybridized carbons (Fsp3) is 0.286. The van der Waals surface area contributed by atoms with E-state index < -0.39 is 24.6 Å². The average molecular weight is 428 g/mol. The number of hydrogen-bond donors (Lipinski definition) is 1. The van der Waals surface area contributed by atoms with Crippen molar-refractivity contribution in [2.75, 3.05) is 25.5 Å². The van der Waals surface area contributed by atoms with E-state index in [4.69, 9.17) is 28.5 Å². The van der Waals surface area contributed by atoms with Crippen LogP contribution in [-0.2, 0) is 19.2 Å². The summed E-state index contributed by atoms with van der Waals surface area (Å²) in [5.74, 6) is 1.20. The zero-order chi connectivity index (χ0) is 21.8. The van der Waals surface area contributed by atoms with Gasteiger partial charge in [-0.25, -0.2) is 4.79 Å². The van der Waals surface area contributed by atoms with Crippen LogP contribution in [0.3, 0.4) is 0 Å². The Bertz CT molecular complexity index is 1040. The van der Waals surface area contributed by atoms with Crippen LogP contribution in [0.1, 0.15) is 19.4 Å². The maximum atomic E-state index is 12.3. The molecule has 2 aromatic rings. The molecule has 2 aliphatic heterocycles. The van der Waals surface area contributed by atoms with Crippen LogP contribution in [0.25, 0.3) is 0 Å². The van der Waals surface area contributed by atoms with Crippen LogP contribution >= 0.6 is 0 Å². The summed E-state index contributed by atoms with van der Waals surface area (Å²) in [7, 11) is 0. The molecule has 0 fully saturated rings. The summed E-state index contributed by atoms with van der Waals surface area (Å²) >= 11 is 0. The summed E-state index contributed by atoms with van der Waals surface area (Å²) in [5.41, 5.74) is 1.80. The molecule has 2 aromatic carbocycles. The quantitative estimate of drug-likeness (QED) is 0.406. The summed E-state index contributed by atoms with van der Waals surface area (Å²) < 4.78 is 26.1. The van der Waals surface area contributed by atoms with Crippen LogP contribution in [0.4, 0.5) is 5.69 Å². The van der Waals surface area contributed by atoms with Crippen molar-refractivity contribution >= 4 is 23.3 Å². The Balaban J connectivity index is 1.24. The van der Waals surface area contributed by atoms with E-state index in [1.54, 1.807) is 43.3 Å². The van der Waals surface area contributed by atoms with Crippen LogP contribution in [0.15, 0.2) is 41.6 Å². The minimum atomic E-state index is -1.03. The van der Waals surface area contributed by atoms with E-state index in [-0.39, 0.29) is 13.6 Å². The van der Waals surface area contributed by atoms with Gasteiger partial charge in [0, 0.05) is 17.3 Å². The Hall–Kier alpha value is -3.95. The first-order chi connectivity index (χ1) is 15.0. The molecule has 10 nitrogen and oxygen atoms in total. The van der Waals surface area contributed by atoms with E-state index >= 15 is 0 Å². The Morgan fingerprint density at radius 3 is 2.39 bits per heavy atom. The normalized spacial score (nSPS) is 14.7. The molecule has 0 aliphatic carbocycles. The molecule has 0 spiro atoms. The van der Waals surface area contributed by atoms with Gasteiger partial charge < -0.3 is 33.8 Å². The highest BCUT2D eigenvalue weighted by atomic mass is 16.7. The first-order valence-corrected chi connectivity index (χ1v) is 9.46. The van der Waals surface area contributed by atoms with Crippen molar-refractivity contribution in [2.24, 2.45) is 5.16 Å². The van der Waals surface area contributed by atoms with Crippen LogP contribution in [0.2, 0.25) is 0 Å². The molecule has 1 N–H and O–H groups in total. The number of hydrogen-bond acceptors (Lipinski definition) is 9. The monoisotopic (exact) mass is 428 g/mol. The summed E-state index contributed by atoms with van der Waals surface area (Å²) in [6.45, 7) is 3.06. The standard InChI is InChI=1S/C21H20N2O8/c1-12(14-3-5-16-18(7-14)28-10-26-16)23-30-9-20(24)31-13(2)21(25)22-15-4-6-17-19(8-15)29-11-27-17/h3-8,13H,9-11H2,1-2H3,(H,22,25)/b23-12+. The smallest absolute Gasteiger partial charge is 0.347 e. The molecule has 1 amide bonds. The number of carbonyl (C=O) groups is 2. The van der Waals surface area contributed by atoms with E-state index in [2.05, 4.69) is 10.5 Å². The molecule has 31 heavy (non-hydrogen) atoms. The SMILES string of the molecule is C/C(=N\OCC(=O)OC(C)C(=O)Nc1ccc2c(c1)OCO2)c1ccc2c(c1)OCO2. The van der Waals surface area contributed by atoms with Gasteiger partial charge in [0.2, 0.25) is 20.2 Å². The lowest BCUT2D eigenvalue weighted by molar-refractivity contribution is -0.157. The predicted molar refractivity (Wildman–Crippen MR) is 107 cm³/mol. The lowest BCUT2D eigenvalue weighted by Crippen LogP contribution is -2.31. The van der Waals surface area contributed by atoms with E-state index in [1.165, 1.54) is 6.92 Å². The average Bonchev–Trinajstić information content (AvgIpc) is 3.41. The van der Waals surface area contributed by atoms with Crippen molar-refractivity contribution in [2.45, 2.75) is 20.0 Å². The molecule has 10 heteroatoms. The van der Waals surface area contributed by atoms with Crippen molar-refractivity contribution in [1.29, 1.82) is 0 Å². The van der Waals surface area contributed by atoms with Crippen LogP contribution in [-0.4, -0.2) is 43.9 Å². The topological polar surface area (TPSA) is 114 Å². The van der Waals surface area contributed by atoms with E-state index in [0.29, 0.717) is 34.4 Å². The van der Waals surface area contributed by atoms with Crippen molar-refractivity contribution in [3.05, 3.63) is 42.0 Å². The number of ether oxygens (including phenoxy) is 5. The van der Waals surface area contributed by atoms with Gasteiger partial charge in [-0.3, -0.25) is 4.79 Å². The zero-order valence-electron chi connectivity index (χ0n) is 16.9. The largest absolute Gasteiger partial charge is 0.454 e. The van der Waals surface area contributed by atoms with Crippen LogP contribution in [0, 0.1) is 0 Å². The summed E-state index contributed by atoms with van der Waals surface area (Å²) in [6.07, 6.45) is -1.03. The van der Waals surface area contributed by atoms with E-state index in [9.17, 15) is 9.59 Å². The number of oxime groups is 1. The van der Waals surface area contributed by atoms with Crippen molar-refractivity contribution in [3.63, 3.8) is 0 Å². The molecule has 0 saturated carbocycles. The minimum absolute atomic E-state index is 0.136. The molecule has 0 bridgehead atoms. The number of benzene rings is 2. The van der Waals surface area contributed by atoms with Gasteiger partial charge in [0.1, 0.15) is 0 Å². The third kappa shape index (κ3) is 4.80. The van der Waals surface area contributed by atoms with Gasteiger partial charge in [-0.1, -0.05) is 5.16 Å². The molecular weight excluding hydrogens is 408 g/mol. The molecule has 0 saturated heterocycles. The highest BCUT2D eigenvalue weighted by Crippen LogP contribution is 2.34. The third-order valence-corrected chi connectivity index (χ3v) is 4.49. The molecule has 0 aromatic heterocycles. The van der Waals surface area contributed by atoms with Crippen LogP contribution in [0.5, 0.6) is 23.0 Å². The Morgan fingerprint density at radius 2 is 1.65 bits per heavy atom. The Labute approximate surface area is 177 Å². The van der Waals surface area contributed by atoms with Crippen molar-refractivity contribution in [1.82, 2.24) is 0 Å². The predicted octanol–water partition coefficient (Wildman–Crippen LogP) is 2.46. The third-order valence-electron chi connectivity index (χ3n) is 4.49. The number of amides is 1. The van der Waals surface area contributed by atoms with Crippen molar-refractivity contribution < 1.29 is 38.1 Å². The summed E-state index contributed by atoms with van der Waals surface area (Å²) in [4.78, 5) is 29.3. The lowest BCUT2D eigenvalue weighted by Gasteiger charge is -2.13. The number of esters is 1. The number of rotatable bonds is 7. The van der Waals surface area contributed by atoms with E-state index in [0.717, 1.165) is 5.56 Å². The molecule has 1 unspecified atom stereocenters.